The van der Waals surface area contributed by atoms with Crippen molar-refractivity contribution in [1.29, 1.82) is 0 Å². The smallest absolute Gasteiger partial charge is 0.545 e. The predicted octanol–water partition coefficient (Wildman–Crippen LogP) is -3.97. The average molecular weight is 206 g/mol. The number of aliphatic hydroxyl groups excluding tert-OH is 2. The van der Waals surface area contributed by atoms with E-state index in [4.69, 9.17) is 10.2 Å². The summed E-state index contributed by atoms with van der Waals surface area (Å²) in [5, 5.41) is 25.3. The molecule has 0 bridgehead atoms. The van der Waals surface area contributed by atoms with Crippen LogP contribution in [0.2, 0.25) is 0 Å². The zero-order chi connectivity index (χ0) is 10.1. The molecule has 1 rings (SSSR count). The Bertz CT molecular complexity index is 236. The van der Waals surface area contributed by atoms with Gasteiger partial charge in [0.15, 0.2) is 0 Å². The molecule has 14 heavy (non-hydrogen) atoms. The Morgan fingerprint density at radius 3 is 1.79 bits per heavy atom. The van der Waals surface area contributed by atoms with E-state index in [0.29, 0.717) is 0 Å². The predicted molar refractivity (Wildman–Crippen MR) is 44.9 cm³/mol. The van der Waals surface area contributed by atoms with E-state index >= 15 is 0 Å². The van der Waals surface area contributed by atoms with Gasteiger partial charge in [-0.1, -0.05) is 30.3 Å². The molecule has 0 atom stereocenters. The van der Waals surface area contributed by atoms with E-state index in [2.05, 4.69) is 0 Å². The quantitative estimate of drug-likeness (QED) is 0.484. The molecule has 0 saturated heterocycles. The molecule has 1 aromatic carbocycles. The van der Waals surface area contributed by atoms with Crippen molar-refractivity contribution in [3.8, 4) is 0 Å². The number of aliphatic hydroxyl groups is 2. The Kier molecular flexibility index (Phi) is 12.3. The van der Waals surface area contributed by atoms with Gasteiger partial charge >= 0.3 is 29.6 Å². The minimum absolute atomic E-state index is 0. The Balaban J connectivity index is 0. The molecule has 4 nitrogen and oxygen atoms in total. The van der Waals surface area contributed by atoms with E-state index in [0.717, 1.165) is 0 Å². The fourth-order valence-electron chi connectivity index (χ4n) is 0.574. The molecule has 0 radical (unpaired) electrons. The van der Waals surface area contributed by atoms with E-state index in [1.54, 1.807) is 18.2 Å². The van der Waals surface area contributed by atoms with E-state index in [1.165, 1.54) is 12.1 Å². The molecule has 72 valence electrons. The third-order valence-electron chi connectivity index (χ3n) is 1.11. The molecule has 0 aliphatic heterocycles. The van der Waals surface area contributed by atoms with Gasteiger partial charge in [0, 0.05) is 0 Å². The topological polar surface area (TPSA) is 80.6 Å². The van der Waals surface area contributed by atoms with Gasteiger partial charge in [-0.3, -0.25) is 0 Å². The molecule has 0 saturated carbocycles. The number of carboxylic acid groups (broad SMARTS) is 1. The second-order valence-corrected chi connectivity index (χ2v) is 2.10. The van der Waals surface area contributed by atoms with Gasteiger partial charge < -0.3 is 20.1 Å². The van der Waals surface area contributed by atoms with Crippen LogP contribution in [-0.4, -0.2) is 29.4 Å². The Morgan fingerprint density at radius 1 is 1.14 bits per heavy atom. The van der Waals surface area contributed by atoms with Crippen LogP contribution in [0.5, 0.6) is 0 Å². The summed E-state index contributed by atoms with van der Waals surface area (Å²) in [6, 6.07) is 8.06. The standard InChI is InChI=1S/C7H6O2.C2H6O2.Na/c8-7(9)6-4-2-1-3-5-6;3-1-2-4;/h1-5H,(H,8,9);3-4H,1-2H2;/q;;+1/p-1. The summed E-state index contributed by atoms with van der Waals surface area (Å²) in [7, 11) is 0. The fraction of sp³-hybridized carbons (Fsp3) is 0.222. The van der Waals surface area contributed by atoms with E-state index in [9.17, 15) is 9.90 Å². The van der Waals surface area contributed by atoms with Crippen LogP contribution in [0, 0.1) is 0 Å². The maximum Gasteiger partial charge on any atom is 1.00 e. The molecule has 0 heterocycles. The summed E-state index contributed by atoms with van der Waals surface area (Å²) >= 11 is 0. The van der Waals surface area contributed by atoms with Crippen molar-refractivity contribution in [1.82, 2.24) is 0 Å². The van der Waals surface area contributed by atoms with Crippen molar-refractivity contribution in [3.63, 3.8) is 0 Å². The molecule has 1 aromatic rings. The number of benzene rings is 1. The van der Waals surface area contributed by atoms with Gasteiger partial charge in [-0.25, -0.2) is 0 Å². The van der Waals surface area contributed by atoms with Crippen LogP contribution in [0.4, 0.5) is 0 Å². The first-order valence-electron chi connectivity index (χ1n) is 3.70. The molecule has 0 aliphatic rings. The van der Waals surface area contributed by atoms with Crippen molar-refractivity contribution >= 4 is 5.97 Å². The number of rotatable bonds is 2. The summed E-state index contributed by atoms with van der Waals surface area (Å²) in [6.07, 6.45) is 0. The zero-order valence-electron chi connectivity index (χ0n) is 8.01. The van der Waals surface area contributed by atoms with E-state index in [1.807, 2.05) is 0 Å². The van der Waals surface area contributed by atoms with Gasteiger partial charge in [-0.2, -0.15) is 0 Å². The van der Waals surface area contributed by atoms with Crippen LogP contribution in [0.15, 0.2) is 30.3 Å². The molecule has 0 unspecified atom stereocenters. The van der Waals surface area contributed by atoms with Crippen molar-refractivity contribution < 1.29 is 49.7 Å². The first-order chi connectivity index (χ1) is 6.22. The molecule has 0 aromatic heterocycles. The second-order valence-electron chi connectivity index (χ2n) is 2.10. The van der Waals surface area contributed by atoms with Gasteiger partial charge in [-0.15, -0.1) is 0 Å². The van der Waals surface area contributed by atoms with Crippen LogP contribution >= 0.6 is 0 Å². The summed E-state index contributed by atoms with van der Waals surface area (Å²) < 4.78 is 0. The number of carboxylic acids is 1. The number of carbonyl (C=O) groups excluding carboxylic acids is 1. The monoisotopic (exact) mass is 206 g/mol. The van der Waals surface area contributed by atoms with Gasteiger partial charge in [0.05, 0.1) is 19.2 Å². The average Bonchev–Trinajstić information content (AvgIpc) is 2.19. The molecule has 0 spiro atoms. The largest absolute Gasteiger partial charge is 1.00 e. The minimum atomic E-state index is -1.13. The Hall–Kier alpha value is -0.390. The van der Waals surface area contributed by atoms with Gasteiger partial charge in [0.25, 0.3) is 0 Å². The number of hydrogen-bond acceptors (Lipinski definition) is 4. The molecule has 0 fully saturated rings. The summed E-state index contributed by atoms with van der Waals surface area (Å²) in [5.41, 5.74) is 0.220. The van der Waals surface area contributed by atoms with Crippen LogP contribution in [0.25, 0.3) is 0 Å². The van der Waals surface area contributed by atoms with Crippen molar-refractivity contribution in [2.45, 2.75) is 0 Å². The Labute approximate surface area is 104 Å². The second kappa shape index (κ2) is 10.7. The normalized spacial score (nSPS) is 7.86. The molecule has 5 heteroatoms. The zero-order valence-corrected chi connectivity index (χ0v) is 10.0. The molecular weight excluding hydrogens is 195 g/mol. The first-order valence-corrected chi connectivity index (χ1v) is 3.70. The molecule has 2 N–H and O–H groups in total. The summed E-state index contributed by atoms with van der Waals surface area (Å²) in [6.45, 7) is -0.250. The van der Waals surface area contributed by atoms with E-state index < -0.39 is 5.97 Å². The van der Waals surface area contributed by atoms with Crippen LogP contribution in [0.1, 0.15) is 10.4 Å². The van der Waals surface area contributed by atoms with Crippen LogP contribution in [0.3, 0.4) is 0 Å². The fourth-order valence-corrected chi connectivity index (χ4v) is 0.574. The Morgan fingerprint density at radius 2 is 1.57 bits per heavy atom. The molecule has 0 aliphatic carbocycles. The number of carbonyl (C=O) groups is 1. The number of hydrogen-bond donors (Lipinski definition) is 2. The van der Waals surface area contributed by atoms with E-state index in [-0.39, 0.29) is 48.3 Å². The van der Waals surface area contributed by atoms with Crippen molar-refractivity contribution in [2.24, 2.45) is 0 Å². The maximum absolute atomic E-state index is 10.1. The number of aromatic carboxylic acids is 1. The SMILES string of the molecule is O=C([O-])c1ccccc1.OCCO.[Na+]. The third-order valence-corrected chi connectivity index (χ3v) is 1.11. The molecular formula is C9H11NaO4. The minimum Gasteiger partial charge on any atom is -0.545 e. The van der Waals surface area contributed by atoms with Crippen LogP contribution in [-0.2, 0) is 0 Å². The van der Waals surface area contributed by atoms with Gasteiger partial charge in [-0.05, 0) is 5.56 Å². The van der Waals surface area contributed by atoms with Gasteiger partial charge in [0.1, 0.15) is 0 Å². The first kappa shape index (κ1) is 16.1. The summed E-state index contributed by atoms with van der Waals surface area (Å²) in [4.78, 5) is 10.1. The van der Waals surface area contributed by atoms with Crippen LogP contribution < -0.4 is 34.7 Å². The van der Waals surface area contributed by atoms with Crippen molar-refractivity contribution in [3.05, 3.63) is 35.9 Å². The maximum atomic E-state index is 10.1. The summed E-state index contributed by atoms with van der Waals surface area (Å²) in [5.74, 6) is -1.13. The third kappa shape index (κ3) is 8.22. The van der Waals surface area contributed by atoms with Crippen molar-refractivity contribution in [2.75, 3.05) is 13.2 Å². The van der Waals surface area contributed by atoms with Gasteiger partial charge in [0.2, 0.25) is 0 Å². The molecule has 0 amide bonds.